The van der Waals surface area contributed by atoms with Gasteiger partial charge in [0, 0.05) is 18.3 Å². The Kier molecular flexibility index (Phi) is 3.54. The molecule has 0 unspecified atom stereocenters. The van der Waals surface area contributed by atoms with Gasteiger partial charge in [-0.25, -0.2) is 9.67 Å². The van der Waals surface area contributed by atoms with Crippen LogP contribution in [0.1, 0.15) is 13.3 Å². The van der Waals surface area contributed by atoms with Crippen LogP contribution in [-0.2, 0) is 6.54 Å². The van der Waals surface area contributed by atoms with E-state index in [2.05, 4.69) is 22.0 Å². The third-order valence-corrected chi connectivity index (χ3v) is 3.03. The maximum atomic E-state index is 4.66. The van der Waals surface area contributed by atoms with Crippen LogP contribution in [0.25, 0.3) is 22.9 Å². The lowest BCUT2D eigenvalue weighted by molar-refractivity contribution is 0.608. The Bertz CT molecular complexity index is 674. The maximum Gasteiger partial charge on any atom is 0.181 e. The number of aromatic nitrogens is 4. The van der Waals surface area contributed by atoms with E-state index in [1.54, 1.807) is 6.20 Å². The largest absolute Gasteiger partial charge is 0.253 e. The minimum atomic E-state index is 0.750. The van der Waals surface area contributed by atoms with Gasteiger partial charge in [-0.1, -0.05) is 43.3 Å². The van der Waals surface area contributed by atoms with Crippen molar-refractivity contribution in [2.24, 2.45) is 0 Å². The quantitative estimate of drug-likeness (QED) is 0.725. The number of pyridine rings is 1. The first-order valence-corrected chi connectivity index (χ1v) is 6.80. The molecule has 100 valence electrons. The third kappa shape index (κ3) is 2.45. The summed E-state index contributed by atoms with van der Waals surface area (Å²) in [6, 6.07) is 15.9. The second-order valence-electron chi connectivity index (χ2n) is 4.56. The number of nitrogens with zero attached hydrogens (tertiary/aromatic N) is 4. The smallest absolute Gasteiger partial charge is 0.181 e. The van der Waals surface area contributed by atoms with Gasteiger partial charge in [0.05, 0.1) is 0 Å². The minimum Gasteiger partial charge on any atom is -0.253 e. The molecule has 20 heavy (non-hydrogen) atoms. The Morgan fingerprint density at radius 1 is 1.00 bits per heavy atom. The van der Waals surface area contributed by atoms with Crippen LogP contribution >= 0.6 is 0 Å². The minimum absolute atomic E-state index is 0.750. The van der Waals surface area contributed by atoms with Crippen LogP contribution in [0.15, 0.2) is 54.7 Å². The van der Waals surface area contributed by atoms with Crippen LogP contribution in [0.2, 0.25) is 0 Å². The summed E-state index contributed by atoms with van der Waals surface area (Å²) < 4.78 is 1.94. The lowest BCUT2D eigenvalue weighted by Gasteiger charge is -2.02. The van der Waals surface area contributed by atoms with Gasteiger partial charge in [0.1, 0.15) is 5.69 Å². The van der Waals surface area contributed by atoms with E-state index in [9.17, 15) is 0 Å². The van der Waals surface area contributed by atoms with Crippen molar-refractivity contribution >= 4 is 0 Å². The van der Waals surface area contributed by atoms with Crippen molar-refractivity contribution in [2.75, 3.05) is 0 Å². The molecule has 0 radical (unpaired) electrons. The molecule has 0 N–H and O–H groups in total. The van der Waals surface area contributed by atoms with Gasteiger partial charge >= 0.3 is 0 Å². The molecule has 0 saturated carbocycles. The van der Waals surface area contributed by atoms with Crippen LogP contribution in [0.5, 0.6) is 0 Å². The van der Waals surface area contributed by atoms with Crippen LogP contribution in [0.4, 0.5) is 0 Å². The lowest BCUT2D eigenvalue weighted by atomic mass is 10.2. The maximum absolute atomic E-state index is 4.66. The molecular formula is C16H16N4. The highest BCUT2D eigenvalue weighted by molar-refractivity contribution is 5.59. The molecule has 4 nitrogen and oxygen atoms in total. The molecule has 3 aromatic rings. The summed E-state index contributed by atoms with van der Waals surface area (Å²) in [6.07, 6.45) is 2.79. The van der Waals surface area contributed by atoms with Crippen molar-refractivity contribution in [1.82, 2.24) is 19.7 Å². The Morgan fingerprint density at radius 3 is 2.50 bits per heavy atom. The summed E-state index contributed by atoms with van der Waals surface area (Å²) in [5.74, 6) is 1.58. The number of benzene rings is 1. The zero-order valence-corrected chi connectivity index (χ0v) is 11.4. The first-order chi connectivity index (χ1) is 9.88. The molecule has 0 spiro atoms. The van der Waals surface area contributed by atoms with Gasteiger partial charge in [-0.3, -0.25) is 4.98 Å². The average Bonchev–Trinajstić information content (AvgIpc) is 2.94. The van der Waals surface area contributed by atoms with Gasteiger partial charge in [-0.15, -0.1) is 0 Å². The van der Waals surface area contributed by atoms with Crippen molar-refractivity contribution in [3.8, 4) is 22.9 Å². The fourth-order valence-electron chi connectivity index (χ4n) is 2.10. The van der Waals surface area contributed by atoms with E-state index in [-0.39, 0.29) is 0 Å². The average molecular weight is 264 g/mol. The van der Waals surface area contributed by atoms with Crippen LogP contribution in [0.3, 0.4) is 0 Å². The van der Waals surface area contributed by atoms with Crippen LogP contribution in [-0.4, -0.2) is 19.7 Å². The molecule has 0 bridgehead atoms. The summed E-state index contributed by atoms with van der Waals surface area (Å²) in [6.45, 7) is 2.97. The number of rotatable bonds is 4. The van der Waals surface area contributed by atoms with Crippen molar-refractivity contribution in [1.29, 1.82) is 0 Å². The van der Waals surface area contributed by atoms with E-state index < -0.39 is 0 Å². The first kappa shape index (κ1) is 12.5. The summed E-state index contributed by atoms with van der Waals surface area (Å²) in [4.78, 5) is 9.03. The lowest BCUT2D eigenvalue weighted by Crippen LogP contribution is -2.02. The Morgan fingerprint density at radius 2 is 1.80 bits per heavy atom. The summed E-state index contributed by atoms with van der Waals surface area (Å²) >= 11 is 0. The number of hydrogen-bond donors (Lipinski definition) is 0. The highest BCUT2D eigenvalue weighted by atomic mass is 15.3. The second kappa shape index (κ2) is 5.65. The van der Waals surface area contributed by atoms with E-state index >= 15 is 0 Å². The van der Waals surface area contributed by atoms with E-state index in [1.807, 2.05) is 53.2 Å². The highest BCUT2D eigenvalue weighted by Crippen LogP contribution is 2.20. The normalized spacial score (nSPS) is 10.7. The molecule has 2 heterocycles. The predicted molar refractivity (Wildman–Crippen MR) is 79.0 cm³/mol. The predicted octanol–water partition coefficient (Wildman–Crippen LogP) is 3.42. The fourth-order valence-corrected chi connectivity index (χ4v) is 2.10. The SMILES string of the molecule is CCCn1nc(-c2ccccc2)nc1-c1ccccn1. The third-order valence-electron chi connectivity index (χ3n) is 3.03. The van der Waals surface area contributed by atoms with Gasteiger partial charge in [-0.05, 0) is 18.6 Å². The molecule has 0 aliphatic rings. The van der Waals surface area contributed by atoms with E-state index in [4.69, 9.17) is 0 Å². The van der Waals surface area contributed by atoms with Gasteiger partial charge in [0.15, 0.2) is 11.6 Å². The van der Waals surface area contributed by atoms with Crippen LogP contribution < -0.4 is 0 Å². The molecule has 2 aromatic heterocycles. The summed E-state index contributed by atoms with van der Waals surface area (Å²) in [5, 5.41) is 4.61. The molecule has 0 aliphatic heterocycles. The first-order valence-electron chi connectivity index (χ1n) is 6.80. The molecular weight excluding hydrogens is 248 g/mol. The van der Waals surface area contributed by atoms with E-state index in [0.717, 1.165) is 35.9 Å². The summed E-state index contributed by atoms with van der Waals surface area (Å²) in [7, 11) is 0. The standard InChI is InChI=1S/C16H16N4/c1-2-12-20-16(14-10-6-7-11-17-14)18-15(19-20)13-8-4-3-5-9-13/h3-11H,2,12H2,1H3. The summed E-state index contributed by atoms with van der Waals surface area (Å²) in [5.41, 5.74) is 1.88. The Labute approximate surface area is 118 Å². The number of aryl methyl sites for hydroxylation is 1. The molecule has 0 aliphatic carbocycles. The Balaban J connectivity index is 2.08. The molecule has 0 atom stereocenters. The van der Waals surface area contributed by atoms with Gasteiger partial charge in [-0.2, -0.15) is 5.10 Å². The monoisotopic (exact) mass is 264 g/mol. The van der Waals surface area contributed by atoms with Crippen LogP contribution in [0, 0.1) is 0 Å². The zero-order valence-electron chi connectivity index (χ0n) is 11.4. The molecule has 0 saturated heterocycles. The molecule has 3 rings (SSSR count). The van der Waals surface area contributed by atoms with Gasteiger partial charge < -0.3 is 0 Å². The van der Waals surface area contributed by atoms with Crippen molar-refractivity contribution in [3.63, 3.8) is 0 Å². The molecule has 1 aromatic carbocycles. The van der Waals surface area contributed by atoms with E-state index in [0.29, 0.717) is 0 Å². The Hall–Kier alpha value is -2.49. The number of hydrogen-bond acceptors (Lipinski definition) is 3. The van der Waals surface area contributed by atoms with Gasteiger partial charge in [0.25, 0.3) is 0 Å². The topological polar surface area (TPSA) is 43.6 Å². The van der Waals surface area contributed by atoms with Gasteiger partial charge in [0.2, 0.25) is 0 Å². The van der Waals surface area contributed by atoms with Crippen molar-refractivity contribution in [2.45, 2.75) is 19.9 Å². The van der Waals surface area contributed by atoms with E-state index in [1.165, 1.54) is 0 Å². The fraction of sp³-hybridized carbons (Fsp3) is 0.188. The van der Waals surface area contributed by atoms with Crippen molar-refractivity contribution in [3.05, 3.63) is 54.7 Å². The highest BCUT2D eigenvalue weighted by Gasteiger charge is 2.13. The molecule has 0 fully saturated rings. The zero-order chi connectivity index (χ0) is 13.8. The molecule has 4 heteroatoms. The second-order valence-corrected chi connectivity index (χ2v) is 4.56. The van der Waals surface area contributed by atoms with Crippen molar-refractivity contribution < 1.29 is 0 Å². The molecule has 0 amide bonds.